The lowest BCUT2D eigenvalue weighted by Crippen LogP contribution is -3.15. The summed E-state index contributed by atoms with van der Waals surface area (Å²) in [6.07, 6.45) is 0. The summed E-state index contributed by atoms with van der Waals surface area (Å²) in [5.41, 5.74) is 2.97. The topological polar surface area (TPSA) is 62.1 Å². The zero-order chi connectivity index (χ0) is 20.3. The number of carbonyl (C=O) groups excluding carboxylic acids is 1. The lowest BCUT2D eigenvalue weighted by molar-refractivity contribution is -0.896. The van der Waals surface area contributed by atoms with Crippen LogP contribution >= 0.6 is 11.3 Å². The first-order chi connectivity index (χ1) is 13.3. The van der Waals surface area contributed by atoms with Gasteiger partial charge in [0.1, 0.15) is 0 Å². The number of likely N-dealkylation sites (N-methyl/N-ethyl adjacent to an activating group) is 1. The van der Waals surface area contributed by atoms with Crippen molar-refractivity contribution in [3.63, 3.8) is 0 Å². The summed E-state index contributed by atoms with van der Waals surface area (Å²) in [4.78, 5) is 15.8. The van der Waals surface area contributed by atoms with Crippen LogP contribution in [-0.4, -0.2) is 63.3 Å². The van der Waals surface area contributed by atoms with E-state index in [1.165, 1.54) is 0 Å². The Morgan fingerprint density at radius 2 is 1.93 bits per heavy atom. The molecule has 1 N–H and O–H groups in total. The van der Waals surface area contributed by atoms with E-state index < -0.39 is 10.0 Å². The van der Waals surface area contributed by atoms with Crippen LogP contribution in [0.3, 0.4) is 0 Å². The van der Waals surface area contributed by atoms with Crippen molar-refractivity contribution < 1.29 is 18.1 Å². The van der Waals surface area contributed by atoms with Crippen LogP contribution in [0.1, 0.15) is 16.7 Å². The standard InChI is InChI=1S/C20H27N3O3S2/c1-16-4-5-19(17(2)12-16)28(25,26)23-9-7-22(8-10-23)14-20(24)21(3)13-18-6-11-27-15-18/h4-6,11-12,15H,7-10,13-14H2,1-3H3/p+1. The van der Waals surface area contributed by atoms with Crippen molar-refractivity contribution in [2.75, 3.05) is 39.8 Å². The molecule has 1 fully saturated rings. The average Bonchev–Trinajstić information content (AvgIpc) is 3.14. The maximum atomic E-state index is 13.0. The molecule has 2 aromatic rings. The molecule has 3 rings (SSSR count). The Labute approximate surface area is 171 Å². The fourth-order valence-electron chi connectivity index (χ4n) is 3.54. The molecule has 0 bridgehead atoms. The summed E-state index contributed by atoms with van der Waals surface area (Å²) in [5, 5.41) is 4.06. The van der Waals surface area contributed by atoms with Gasteiger partial charge in [-0.25, -0.2) is 8.42 Å². The summed E-state index contributed by atoms with van der Waals surface area (Å²) in [6, 6.07) is 7.46. The number of aryl methyl sites for hydroxylation is 2. The van der Waals surface area contributed by atoms with Crippen LogP contribution in [-0.2, 0) is 21.4 Å². The minimum absolute atomic E-state index is 0.0897. The monoisotopic (exact) mass is 422 g/mol. The molecular formula is C20H28N3O3S2+. The predicted octanol–water partition coefficient (Wildman–Crippen LogP) is 0.913. The van der Waals surface area contributed by atoms with E-state index in [1.807, 2.05) is 49.9 Å². The van der Waals surface area contributed by atoms with Gasteiger partial charge in [0, 0.05) is 13.6 Å². The van der Waals surface area contributed by atoms with Gasteiger partial charge in [0.05, 0.1) is 31.1 Å². The average molecular weight is 423 g/mol. The number of nitrogens with zero attached hydrogens (tertiary/aromatic N) is 2. The van der Waals surface area contributed by atoms with E-state index in [-0.39, 0.29) is 5.91 Å². The number of thiophene rings is 1. The SMILES string of the molecule is Cc1ccc(S(=O)(=O)N2CC[NH+](CC(=O)N(C)Cc3ccsc3)CC2)c(C)c1. The summed E-state index contributed by atoms with van der Waals surface area (Å²) >= 11 is 1.63. The molecule has 0 saturated carbocycles. The van der Waals surface area contributed by atoms with Crippen molar-refractivity contribution in [2.45, 2.75) is 25.3 Å². The fourth-order valence-corrected chi connectivity index (χ4v) is 5.85. The Morgan fingerprint density at radius 3 is 2.54 bits per heavy atom. The van der Waals surface area contributed by atoms with E-state index in [2.05, 4.69) is 0 Å². The largest absolute Gasteiger partial charge is 0.337 e. The van der Waals surface area contributed by atoms with Gasteiger partial charge >= 0.3 is 0 Å². The van der Waals surface area contributed by atoms with Crippen LogP contribution in [0, 0.1) is 13.8 Å². The van der Waals surface area contributed by atoms with E-state index in [9.17, 15) is 13.2 Å². The maximum Gasteiger partial charge on any atom is 0.277 e. The molecule has 1 amide bonds. The first-order valence-electron chi connectivity index (χ1n) is 9.43. The quantitative estimate of drug-likeness (QED) is 0.753. The number of piperazine rings is 1. The minimum atomic E-state index is -3.49. The van der Waals surface area contributed by atoms with Crippen LogP contribution in [0.4, 0.5) is 0 Å². The Bertz CT molecular complexity index is 918. The number of carbonyl (C=O) groups is 1. The van der Waals surface area contributed by atoms with Gasteiger partial charge < -0.3 is 9.80 Å². The van der Waals surface area contributed by atoms with Gasteiger partial charge in [-0.1, -0.05) is 17.7 Å². The minimum Gasteiger partial charge on any atom is -0.337 e. The second kappa shape index (κ2) is 8.73. The summed E-state index contributed by atoms with van der Waals surface area (Å²) in [6.45, 7) is 6.96. The molecule has 0 spiro atoms. The Hall–Kier alpha value is -1.74. The van der Waals surface area contributed by atoms with Crippen LogP contribution in [0.2, 0.25) is 0 Å². The van der Waals surface area contributed by atoms with Gasteiger partial charge in [0.25, 0.3) is 5.91 Å². The van der Waals surface area contributed by atoms with Crippen molar-refractivity contribution in [3.05, 3.63) is 51.7 Å². The number of quaternary nitrogens is 1. The number of nitrogens with one attached hydrogen (secondary N) is 1. The number of rotatable bonds is 6. The first-order valence-corrected chi connectivity index (χ1v) is 11.8. The normalized spacial score (nSPS) is 16.2. The highest BCUT2D eigenvalue weighted by atomic mass is 32.2. The molecule has 0 atom stereocenters. The molecule has 1 aliphatic rings. The lowest BCUT2D eigenvalue weighted by atomic mass is 10.2. The smallest absolute Gasteiger partial charge is 0.277 e. The Morgan fingerprint density at radius 1 is 1.21 bits per heavy atom. The first kappa shape index (κ1) is 21.0. The van der Waals surface area contributed by atoms with E-state index in [4.69, 9.17) is 0 Å². The van der Waals surface area contributed by atoms with Gasteiger partial charge in [0.15, 0.2) is 6.54 Å². The molecule has 2 heterocycles. The summed E-state index contributed by atoms with van der Waals surface area (Å²) < 4.78 is 27.5. The molecule has 1 aromatic heterocycles. The van der Waals surface area contributed by atoms with Crippen molar-refractivity contribution >= 4 is 27.3 Å². The van der Waals surface area contributed by atoms with E-state index in [0.717, 1.165) is 21.6 Å². The molecular weight excluding hydrogens is 394 g/mol. The molecule has 0 radical (unpaired) electrons. The van der Waals surface area contributed by atoms with Crippen molar-refractivity contribution in [3.8, 4) is 0 Å². The summed E-state index contributed by atoms with van der Waals surface area (Å²) in [7, 11) is -1.67. The van der Waals surface area contributed by atoms with Gasteiger partial charge in [-0.05, 0) is 47.9 Å². The zero-order valence-electron chi connectivity index (χ0n) is 16.6. The van der Waals surface area contributed by atoms with Crippen LogP contribution in [0.5, 0.6) is 0 Å². The molecule has 1 saturated heterocycles. The number of sulfonamides is 1. The molecule has 1 aromatic carbocycles. The van der Waals surface area contributed by atoms with Gasteiger partial charge in [-0.15, -0.1) is 0 Å². The fraction of sp³-hybridized carbons (Fsp3) is 0.450. The highest BCUT2D eigenvalue weighted by Crippen LogP contribution is 2.20. The molecule has 0 aliphatic carbocycles. The maximum absolute atomic E-state index is 13.0. The highest BCUT2D eigenvalue weighted by molar-refractivity contribution is 7.89. The number of amides is 1. The van der Waals surface area contributed by atoms with E-state index >= 15 is 0 Å². The van der Waals surface area contributed by atoms with Crippen LogP contribution < -0.4 is 4.90 Å². The summed E-state index contributed by atoms with van der Waals surface area (Å²) in [5.74, 6) is 0.0897. The predicted molar refractivity (Wildman–Crippen MR) is 111 cm³/mol. The third-order valence-electron chi connectivity index (χ3n) is 5.20. The second-order valence-electron chi connectivity index (χ2n) is 7.48. The third-order valence-corrected chi connectivity index (χ3v) is 8.00. The van der Waals surface area contributed by atoms with Crippen LogP contribution in [0.25, 0.3) is 0 Å². The number of hydrogen-bond donors (Lipinski definition) is 1. The van der Waals surface area contributed by atoms with Crippen molar-refractivity contribution in [1.29, 1.82) is 0 Å². The van der Waals surface area contributed by atoms with E-state index in [1.54, 1.807) is 26.6 Å². The third kappa shape index (κ3) is 4.81. The van der Waals surface area contributed by atoms with E-state index in [0.29, 0.717) is 44.2 Å². The molecule has 1 aliphatic heterocycles. The van der Waals surface area contributed by atoms with Gasteiger partial charge in [-0.3, -0.25) is 4.79 Å². The molecule has 0 unspecified atom stereocenters. The molecule has 8 heteroatoms. The molecule has 6 nitrogen and oxygen atoms in total. The Kier molecular flexibility index (Phi) is 6.54. The highest BCUT2D eigenvalue weighted by Gasteiger charge is 2.32. The second-order valence-corrected chi connectivity index (χ2v) is 10.2. The number of benzene rings is 1. The lowest BCUT2D eigenvalue weighted by Gasteiger charge is -2.32. The molecule has 28 heavy (non-hydrogen) atoms. The zero-order valence-corrected chi connectivity index (χ0v) is 18.3. The van der Waals surface area contributed by atoms with Gasteiger partial charge in [-0.2, -0.15) is 15.6 Å². The van der Waals surface area contributed by atoms with Crippen molar-refractivity contribution in [2.24, 2.45) is 0 Å². The molecule has 152 valence electrons. The van der Waals surface area contributed by atoms with Crippen molar-refractivity contribution in [1.82, 2.24) is 9.21 Å². The Balaban J connectivity index is 1.55. The number of hydrogen-bond acceptors (Lipinski definition) is 4. The van der Waals surface area contributed by atoms with Gasteiger partial charge in [0.2, 0.25) is 10.0 Å². The van der Waals surface area contributed by atoms with Crippen LogP contribution in [0.15, 0.2) is 39.9 Å².